The molecule has 4 saturated carbocycles. The van der Waals surface area contributed by atoms with Crippen LogP contribution in [0.2, 0.25) is 0 Å². The van der Waals surface area contributed by atoms with Crippen molar-refractivity contribution in [2.75, 3.05) is 0 Å². The van der Waals surface area contributed by atoms with Crippen molar-refractivity contribution in [3.8, 4) is 0 Å². The topological polar surface area (TPSA) is 61.4 Å². The van der Waals surface area contributed by atoms with Crippen molar-refractivity contribution in [3.05, 3.63) is 11.8 Å². The zero-order valence-corrected chi connectivity index (χ0v) is 24.6. The number of thiocarbonyl (C=S) groups is 1. The van der Waals surface area contributed by atoms with Crippen LogP contribution >= 0.6 is 12.2 Å². The largest absolute Gasteiger partial charge is 0.359 e. The van der Waals surface area contributed by atoms with Crippen molar-refractivity contribution >= 4 is 29.1 Å². The van der Waals surface area contributed by atoms with Crippen LogP contribution in [0.25, 0.3) is 0 Å². The van der Waals surface area contributed by atoms with Gasteiger partial charge in [-0.2, -0.15) is 0 Å². The molecule has 0 unspecified atom stereocenters. The van der Waals surface area contributed by atoms with Gasteiger partial charge in [0.05, 0.1) is 0 Å². The molecular weight excluding hydrogens is 490 g/mol. The maximum atomic E-state index is 14.6. The minimum absolute atomic E-state index is 0.0469. The Morgan fingerprint density at radius 2 is 1.66 bits per heavy atom. The molecule has 38 heavy (non-hydrogen) atoms. The molecule has 5 fully saturated rings. The van der Waals surface area contributed by atoms with Gasteiger partial charge in [0.1, 0.15) is 0 Å². The molecule has 6 atom stereocenters. The number of carbonyl (C=O) groups is 2. The monoisotopic (exact) mass is 539 g/mol. The predicted molar refractivity (Wildman–Crippen MR) is 155 cm³/mol. The van der Waals surface area contributed by atoms with Crippen LogP contribution in [0.3, 0.4) is 0 Å². The van der Waals surface area contributed by atoms with Gasteiger partial charge in [0.25, 0.3) is 0 Å². The van der Waals surface area contributed by atoms with Crippen molar-refractivity contribution in [3.63, 3.8) is 0 Å². The highest BCUT2D eigenvalue weighted by atomic mass is 32.1. The smallest absolute Gasteiger partial charge is 0.232 e. The molecule has 0 spiro atoms. The third-order valence-electron chi connectivity index (χ3n) is 12.2. The van der Waals surface area contributed by atoms with Gasteiger partial charge in [-0.1, -0.05) is 58.4 Å². The molecule has 2 amide bonds. The van der Waals surface area contributed by atoms with Gasteiger partial charge in [-0.25, -0.2) is 0 Å². The molecule has 0 radical (unpaired) electrons. The van der Waals surface area contributed by atoms with Crippen LogP contribution in [0.1, 0.15) is 123 Å². The molecule has 210 valence electrons. The third kappa shape index (κ3) is 4.55. The maximum absolute atomic E-state index is 14.6. The number of nitrogens with zero attached hydrogens (tertiary/aromatic N) is 1. The molecular formula is C32H49N3O2S. The molecule has 0 aromatic rings. The van der Waals surface area contributed by atoms with Gasteiger partial charge < -0.3 is 10.6 Å². The summed E-state index contributed by atoms with van der Waals surface area (Å²) in [5.41, 5.74) is 1.32. The second kappa shape index (κ2) is 10.5. The molecule has 6 heteroatoms. The fourth-order valence-corrected chi connectivity index (χ4v) is 10.4. The van der Waals surface area contributed by atoms with Gasteiger partial charge in [0.2, 0.25) is 11.8 Å². The number of nitrogens with one attached hydrogen (secondary N) is 2. The molecule has 5 nitrogen and oxygen atoms in total. The van der Waals surface area contributed by atoms with Gasteiger partial charge in [-0.3, -0.25) is 14.5 Å². The van der Waals surface area contributed by atoms with Crippen molar-refractivity contribution in [2.45, 2.75) is 135 Å². The van der Waals surface area contributed by atoms with Gasteiger partial charge in [0, 0.05) is 35.5 Å². The van der Waals surface area contributed by atoms with E-state index < -0.39 is 0 Å². The van der Waals surface area contributed by atoms with E-state index in [1.165, 1.54) is 63.5 Å². The lowest BCUT2D eigenvalue weighted by Crippen LogP contribution is -2.57. The van der Waals surface area contributed by atoms with Crippen LogP contribution in [-0.4, -0.2) is 33.9 Å². The molecule has 0 aromatic carbocycles. The van der Waals surface area contributed by atoms with Gasteiger partial charge in [0.15, 0.2) is 5.11 Å². The number of carbonyl (C=O) groups excluding carboxylic acids is 2. The van der Waals surface area contributed by atoms with E-state index in [0.717, 1.165) is 50.1 Å². The summed E-state index contributed by atoms with van der Waals surface area (Å²) in [5, 5.41) is 7.64. The number of rotatable bonds is 3. The van der Waals surface area contributed by atoms with E-state index in [4.69, 9.17) is 12.2 Å². The van der Waals surface area contributed by atoms with Crippen LogP contribution in [0.15, 0.2) is 11.8 Å². The lowest BCUT2D eigenvalue weighted by Gasteiger charge is -2.57. The minimum Gasteiger partial charge on any atom is -0.359 e. The summed E-state index contributed by atoms with van der Waals surface area (Å²) >= 11 is 6.06. The van der Waals surface area contributed by atoms with Crippen LogP contribution in [-0.2, 0) is 9.59 Å². The maximum Gasteiger partial charge on any atom is 0.232 e. The van der Waals surface area contributed by atoms with Crippen LogP contribution in [0.5, 0.6) is 0 Å². The second-order valence-corrected chi connectivity index (χ2v) is 14.5. The van der Waals surface area contributed by atoms with Crippen molar-refractivity contribution in [1.82, 2.24) is 15.5 Å². The highest BCUT2D eigenvalue weighted by Gasteiger charge is 2.60. The Bertz CT molecular complexity index is 983. The molecule has 5 aliphatic carbocycles. The molecule has 6 aliphatic rings. The average Bonchev–Trinajstić information content (AvgIpc) is 3.27. The number of allylic oxidation sites excluding steroid dienone is 2. The van der Waals surface area contributed by atoms with E-state index in [1.807, 2.05) is 0 Å². The normalized spacial score (nSPS) is 39.7. The minimum atomic E-state index is 0.0469. The lowest BCUT2D eigenvalue weighted by molar-refractivity contribution is -0.141. The summed E-state index contributed by atoms with van der Waals surface area (Å²) in [7, 11) is 0. The SMILES string of the molecule is C[C@]12CC[C@H]3[C@@H](CC=C4NC(=O)CC[C@@]43C)[C@@H]1CC[C@@H]2C(=O)N(C(=S)NC1CCCCC1)C1CCCCC1. The van der Waals surface area contributed by atoms with Crippen LogP contribution < -0.4 is 10.6 Å². The zero-order valence-electron chi connectivity index (χ0n) is 23.7. The fourth-order valence-electron chi connectivity index (χ4n) is 10.0. The number of piperidine rings is 1. The Labute approximate surface area is 235 Å². The summed E-state index contributed by atoms with van der Waals surface area (Å²) in [6.07, 6.45) is 21.5. The standard InChI is InChI=1S/C32H49N3O2S/c1-31-19-17-25-23(13-16-27-32(25,2)20-18-28(36)34-27)24(31)14-15-26(31)29(37)35(22-11-7-4-8-12-22)30(38)33-21-9-5-3-6-10-21/h16,21-26H,3-15,17-20H2,1-2H3,(H,33,38)(H,34,36)/t23-,24-,25-,26+,31-,32+/m0/s1. The Balaban J connectivity index is 1.23. The molecule has 1 heterocycles. The molecule has 6 rings (SSSR count). The van der Waals surface area contributed by atoms with E-state index in [-0.39, 0.29) is 28.7 Å². The summed E-state index contributed by atoms with van der Waals surface area (Å²) in [4.78, 5) is 28.9. The van der Waals surface area contributed by atoms with E-state index in [1.54, 1.807) is 0 Å². The molecule has 1 aliphatic heterocycles. The molecule has 2 N–H and O–H groups in total. The second-order valence-electron chi connectivity index (χ2n) is 14.2. The first kappa shape index (κ1) is 26.8. The number of fused-ring (bicyclic) bond motifs is 5. The lowest BCUT2D eigenvalue weighted by atomic mass is 9.49. The number of amides is 2. The Kier molecular flexibility index (Phi) is 7.41. The van der Waals surface area contributed by atoms with E-state index >= 15 is 0 Å². The number of hydrogen-bond donors (Lipinski definition) is 2. The summed E-state index contributed by atoms with van der Waals surface area (Å²) < 4.78 is 0. The van der Waals surface area contributed by atoms with Crippen LogP contribution in [0.4, 0.5) is 0 Å². The quantitative estimate of drug-likeness (QED) is 0.396. The first-order valence-corrected chi connectivity index (χ1v) is 16.4. The average molecular weight is 540 g/mol. The van der Waals surface area contributed by atoms with Crippen LogP contribution in [0, 0.1) is 34.5 Å². The van der Waals surface area contributed by atoms with Crippen molar-refractivity contribution < 1.29 is 9.59 Å². The zero-order chi connectivity index (χ0) is 26.5. The summed E-state index contributed by atoms with van der Waals surface area (Å²) in [6.45, 7) is 4.85. The van der Waals surface area contributed by atoms with Crippen molar-refractivity contribution in [1.29, 1.82) is 0 Å². The first-order valence-electron chi connectivity index (χ1n) is 16.0. The highest BCUT2D eigenvalue weighted by molar-refractivity contribution is 7.80. The summed E-state index contributed by atoms with van der Waals surface area (Å²) in [5.74, 6) is 2.39. The van der Waals surface area contributed by atoms with Gasteiger partial charge >= 0.3 is 0 Å². The van der Waals surface area contributed by atoms with Gasteiger partial charge in [-0.15, -0.1) is 0 Å². The Morgan fingerprint density at radius 3 is 2.39 bits per heavy atom. The van der Waals surface area contributed by atoms with E-state index in [0.29, 0.717) is 36.1 Å². The first-order chi connectivity index (χ1) is 18.3. The Morgan fingerprint density at radius 1 is 0.947 bits per heavy atom. The highest BCUT2D eigenvalue weighted by Crippen LogP contribution is 2.65. The number of hydrogen-bond acceptors (Lipinski definition) is 3. The van der Waals surface area contributed by atoms with E-state index in [2.05, 4.69) is 35.5 Å². The van der Waals surface area contributed by atoms with Crippen molar-refractivity contribution in [2.24, 2.45) is 34.5 Å². The fraction of sp³-hybridized carbons (Fsp3) is 0.844. The summed E-state index contributed by atoms with van der Waals surface area (Å²) in [6, 6.07) is 0.696. The third-order valence-corrected chi connectivity index (χ3v) is 12.6. The van der Waals surface area contributed by atoms with Gasteiger partial charge in [-0.05, 0) is 99.6 Å². The predicted octanol–water partition coefficient (Wildman–Crippen LogP) is 6.62. The molecule has 1 saturated heterocycles. The van der Waals surface area contributed by atoms with E-state index in [9.17, 15) is 9.59 Å². The Hall–Kier alpha value is -1.43. The molecule has 0 aromatic heterocycles. The molecule has 0 bridgehead atoms.